The third kappa shape index (κ3) is 5.26. The van der Waals surface area contributed by atoms with Gasteiger partial charge < -0.3 is 9.64 Å². The van der Waals surface area contributed by atoms with Crippen LogP contribution in [0.15, 0.2) is 64.3 Å². The lowest BCUT2D eigenvalue weighted by Gasteiger charge is -2.35. The lowest BCUT2D eigenvalue weighted by Crippen LogP contribution is -2.47. The van der Waals surface area contributed by atoms with E-state index in [2.05, 4.69) is 4.98 Å². The Morgan fingerprint density at radius 2 is 1.85 bits per heavy atom. The van der Waals surface area contributed by atoms with Crippen molar-refractivity contribution in [3.05, 3.63) is 75.5 Å². The molecule has 0 saturated heterocycles. The van der Waals surface area contributed by atoms with Crippen molar-refractivity contribution < 1.29 is 14.3 Å². The SMILES string of the molecule is CC(C)(C)N(Cc1ccccc1)C(=O)COC(=O)Cn1cnc2scc(-c3cccs3)c2c1=O. The first kappa shape index (κ1) is 23.8. The van der Waals surface area contributed by atoms with E-state index in [0.29, 0.717) is 16.8 Å². The molecule has 4 aromatic rings. The molecule has 0 radical (unpaired) electrons. The minimum Gasteiger partial charge on any atom is -0.454 e. The summed E-state index contributed by atoms with van der Waals surface area (Å²) in [6, 6.07) is 13.5. The molecule has 176 valence electrons. The van der Waals surface area contributed by atoms with Crippen LogP contribution in [0.2, 0.25) is 0 Å². The molecule has 3 aromatic heterocycles. The van der Waals surface area contributed by atoms with Crippen LogP contribution in [0.1, 0.15) is 26.3 Å². The molecule has 0 fully saturated rings. The van der Waals surface area contributed by atoms with Crippen LogP contribution < -0.4 is 5.56 Å². The Morgan fingerprint density at radius 1 is 1.09 bits per heavy atom. The molecular weight excluding hydrogens is 470 g/mol. The summed E-state index contributed by atoms with van der Waals surface area (Å²) in [5.41, 5.74) is 1.04. The summed E-state index contributed by atoms with van der Waals surface area (Å²) >= 11 is 2.93. The number of aromatic nitrogens is 2. The van der Waals surface area contributed by atoms with E-state index in [-0.39, 0.29) is 18.0 Å². The predicted octanol–water partition coefficient (Wildman–Crippen LogP) is 4.56. The summed E-state index contributed by atoms with van der Waals surface area (Å²) in [7, 11) is 0. The molecule has 7 nitrogen and oxygen atoms in total. The molecule has 0 aliphatic carbocycles. The van der Waals surface area contributed by atoms with Gasteiger partial charge in [-0.05, 0) is 37.8 Å². The number of thiophene rings is 2. The maximum Gasteiger partial charge on any atom is 0.326 e. The lowest BCUT2D eigenvalue weighted by molar-refractivity contribution is -0.155. The monoisotopic (exact) mass is 495 g/mol. The van der Waals surface area contributed by atoms with Crippen molar-refractivity contribution in [1.82, 2.24) is 14.5 Å². The molecule has 0 atom stereocenters. The van der Waals surface area contributed by atoms with E-state index in [0.717, 1.165) is 16.0 Å². The molecule has 0 aliphatic rings. The number of rotatable bonds is 7. The second-order valence-corrected chi connectivity index (χ2v) is 10.6. The minimum absolute atomic E-state index is 0.302. The second kappa shape index (κ2) is 9.90. The van der Waals surface area contributed by atoms with Crippen LogP contribution >= 0.6 is 22.7 Å². The fraction of sp³-hybridized carbons (Fsp3) is 0.280. The van der Waals surface area contributed by atoms with E-state index < -0.39 is 18.1 Å². The van der Waals surface area contributed by atoms with Crippen LogP contribution in [0, 0.1) is 0 Å². The van der Waals surface area contributed by atoms with Crippen molar-refractivity contribution in [2.45, 2.75) is 39.4 Å². The number of benzene rings is 1. The van der Waals surface area contributed by atoms with Gasteiger partial charge in [-0.25, -0.2) is 4.98 Å². The van der Waals surface area contributed by atoms with E-state index in [1.165, 1.54) is 33.6 Å². The number of nitrogens with zero attached hydrogens (tertiary/aromatic N) is 3. The first-order valence-electron chi connectivity index (χ1n) is 10.7. The van der Waals surface area contributed by atoms with Gasteiger partial charge in [0, 0.05) is 27.9 Å². The zero-order valence-corrected chi connectivity index (χ0v) is 20.8. The van der Waals surface area contributed by atoms with Gasteiger partial charge in [-0.1, -0.05) is 36.4 Å². The Kier molecular flexibility index (Phi) is 6.95. The second-order valence-electron chi connectivity index (χ2n) is 8.78. The fourth-order valence-corrected chi connectivity index (χ4v) is 5.28. The van der Waals surface area contributed by atoms with Gasteiger partial charge in [-0.15, -0.1) is 22.7 Å². The summed E-state index contributed by atoms with van der Waals surface area (Å²) in [6.45, 7) is 5.49. The van der Waals surface area contributed by atoms with Crippen LogP contribution in [0.4, 0.5) is 0 Å². The molecule has 1 aromatic carbocycles. The number of carbonyl (C=O) groups excluding carboxylic acids is 2. The molecule has 0 spiro atoms. The van der Waals surface area contributed by atoms with Gasteiger partial charge in [-0.3, -0.25) is 19.0 Å². The first-order chi connectivity index (χ1) is 16.2. The molecular formula is C25H25N3O4S2. The highest BCUT2D eigenvalue weighted by atomic mass is 32.1. The summed E-state index contributed by atoms with van der Waals surface area (Å²) in [4.78, 5) is 46.1. The topological polar surface area (TPSA) is 81.5 Å². The molecule has 4 rings (SSSR count). The maximum atomic E-state index is 13.1. The molecule has 34 heavy (non-hydrogen) atoms. The van der Waals surface area contributed by atoms with E-state index >= 15 is 0 Å². The fourth-order valence-electron chi connectivity index (χ4n) is 3.56. The van der Waals surface area contributed by atoms with Crippen LogP contribution in [0.5, 0.6) is 0 Å². The Bertz CT molecular complexity index is 1350. The van der Waals surface area contributed by atoms with Gasteiger partial charge in [0.1, 0.15) is 11.4 Å². The number of esters is 1. The third-order valence-electron chi connectivity index (χ3n) is 5.30. The molecule has 0 N–H and O–H groups in total. The van der Waals surface area contributed by atoms with E-state index in [1.807, 2.05) is 74.0 Å². The van der Waals surface area contributed by atoms with Gasteiger partial charge in [0.25, 0.3) is 11.5 Å². The van der Waals surface area contributed by atoms with Crippen molar-refractivity contribution in [3.63, 3.8) is 0 Å². The van der Waals surface area contributed by atoms with Gasteiger partial charge in [-0.2, -0.15) is 0 Å². The minimum atomic E-state index is -0.668. The summed E-state index contributed by atoms with van der Waals surface area (Å²) in [5, 5.41) is 4.33. The number of carbonyl (C=O) groups is 2. The standard InChI is InChI=1S/C25H25N3O4S2/c1-25(2,3)28(12-17-8-5-4-6-9-17)20(29)14-32-21(30)13-27-16-26-23-22(24(27)31)18(15-34-23)19-10-7-11-33-19/h4-11,15-16H,12-14H2,1-3H3. The van der Waals surface area contributed by atoms with Crippen molar-refractivity contribution in [2.75, 3.05) is 6.61 Å². The Labute approximate surface area is 205 Å². The summed E-state index contributed by atoms with van der Waals surface area (Å²) < 4.78 is 6.49. The molecule has 3 heterocycles. The maximum absolute atomic E-state index is 13.1. The van der Waals surface area contributed by atoms with Crippen molar-refractivity contribution in [1.29, 1.82) is 0 Å². The van der Waals surface area contributed by atoms with Crippen molar-refractivity contribution in [3.8, 4) is 10.4 Å². The quantitative estimate of drug-likeness (QED) is 0.351. The zero-order valence-electron chi connectivity index (χ0n) is 19.2. The van der Waals surface area contributed by atoms with Crippen molar-refractivity contribution in [2.24, 2.45) is 0 Å². The molecule has 9 heteroatoms. The summed E-state index contributed by atoms with van der Waals surface area (Å²) in [5.74, 6) is -0.971. The highest BCUT2D eigenvalue weighted by Crippen LogP contribution is 2.33. The normalized spacial score (nSPS) is 11.5. The predicted molar refractivity (Wildman–Crippen MR) is 135 cm³/mol. The van der Waals surface area contributed by atoms with E-state index in [1.54, 1.807) is 4.90 Å². The van der Waals surface area contributed by atoms with Gasteiger partial charge in [0.2, 0.25) is 0 Å². The molecule has 0 bridgehead atoms. The third-order valence-corrected chi connectivity index (χ3v) is 7.09. The van der Waals surface area contributed by atoms with E-state index in [9.17, 15) is 14.4 Å². The molecule has 0 aliphatic heterocycles. The lowest BCUT2D eigenvalue weighted by atomic mass is 10.0. The van der Waals surface area contributed by atoms with Crippen LogP contribution in [0.3, 0.4) is 0 Å². The largest absolute Gasteiger partial charge is 0.454 e. The highest BCUT2D eigenvalue weighted by molar-refractivity contribution is 7.18. The number of hydrogen-bond donors (Lipinski definition) is 0. The van der Waals surface area contributed by atoms with Gasteiger partial charge in [0.05, 0.1) is 11.7 Å². The Morgan fingerprint density at radius 3 is 2.53 bits per heavy atom. The van der Waals surface area contributed by atoms with E-state index in [4.69, 9.17) is 4.74 Å². The Hall–Kier alpha value is -3.30. The highest BCUT2D eigenvalue weighted by Gasteiger charge is 2.27. The van der Waals surface area contributed by atoms with Crippen LogP contribution in [-0.4, -0.2) is 38.5 Å². The van der Waals surface area contributed by atoms with Crippen LogP contribution in [-0.2, 0) is 27.4 Å². The number of fused-ring (bicyclic) bond motifs is 1. The van der Waals surface area contributed by atoms with Gasteiger partial charge in [0.15, 0.2) is 6.61 Å². The number of hydrogen-bond acceptors (Lipinski definition) is 7. The average molecular weight is 496 g/mol. The number of amides is 1. The average Bonchev–Trinajstić information content (AvgIpc) is 3.48. The molecule has 0 saturated carbocycles. The smallest absolute Gasteiger partial charge is 0.326 e. The molecule has 0 unspecified atom stereocenters. The Balaban J connectivity index is 1.45. The van der Waals surface area contributed by atoms with Gasteiger partial charge >= 0.3 is 5.97 Å². The number of ether oxygens (including phenoxy) is 1. The molecule has 1 amide bonds. The zero-order chi connectivity index (χ0) is 24.3. The summed E-state index contributed by atoms with van der Waals surface area (Å²) in [6.07, 6.45) is 1.35. The first-order valence-corrected chi connectivity index (χ1v) is 12.5. The van der Waals surface area contributed by atoms with Crippen molar-refractivity contribution >= 4 is 44.8 Å². The van der Waals surface area contributed by atoms with Crippen LogP contribution in [0.25, 0.3) is 20.7 Å².